The van der Waals surface area contributed by atoms with E-state index in [-0.39, 0.29) is 43.4 Å². The van der Waals surface area contributed by atoms with Crippen molar-refractivity contribution in [2.24, 2.45) is 0 Å². The first-order chi connectivity index (χ1) is 24.3. The highest BCUT2D eigenvalue weighted by molar-refractivity contribution is 6.30. The molecule has 1 N–H and O–H groups in total. The summed E-state index contributed by atoms with van der Waals surface area (Å²) in [5.74, 6) is -0.491. The van der Waals surface area contributed by atoms with E-state index in [9.17, 15) is 14.4 Å². The number of para-hydroxylation sites is 1. The number of carbonyl (C=O) groups excluding carboxylic acids is 3. The van der Waals surface area contributed by atoms with Gasteiger partial charge in [0.15, 0.2) is 17.0 Å². The zero-order valence-corrected chi connectivity index (χ0v) is 28.0. The fraction of sp³-hybridized carbons (Fsp3) is 0.189. The molecular weight excluding hydrogens is 658 g/mol. The molecule has 6 aromatic rings. The number of aromatic nitrogens is 5. The molecule has 0 atom stereocenters. The number of likely N-dealkylation sites (tertiary alicyclic amines) is 1. The number of halogens is 1. The van der Waals surface area contributed by atoms with Crippen molar-refractivity contribution in [1.29, 1.82) is 0 Å². The van der Waals surface area contributed by atoms with Crippen molar-refractivity contribution in [1.82, 2.24) is 29.7 Å². The quantitative estimate of drug-likeness (QED) is 0.181. The first-order valence-electron chi connectivity index (χ1n) is 15.9. The van der Waals surface area contributed by atoms with Crippen LogP contribution in [0.2, 0.25) is 5.02 Å². The number of aryl methyl sites for hydroxylation is 1. The summed E-state index contributed by atoms with van der Waals surface area (Å²) in [5.41, 5.74) is 3.40. The van der Waals surface area contributed by atoms with Crippen LogP contribution in [0, 0.1) is 6.92 Å². The molecule has 1 aliphatic rings. The van der Waals surface area contributed by atoms with Crippen LogP contribution >= 0.6 is 11.6 Å². The number of carbonyl (C=O) groups is 3. The Bertz CT molecular complexity index is 2180. The lowest BCUT2D eigenvalue weighted by Gasteiger charge is -2.39. The van der Waals surface area contributed by atoms with Gasteiger partial charge in [-0.25, -0.2) is 14.2 Å². The highest BCUT2D eigenvalue weighted by Crippen LogP contribution is 2.34. The fourth-order valence-electron chi connectivity index (χ4n) is 6.20. The average Bonchev–Trinajstić information content (AvgIpc) is 3.94. The number of esters is 1. The molecule has 0 aliphatic carbocycles. The van der Waals surface area contributed by atoms with E-state index in [1.807, 2.05) is 55.5 Å². The predicted molar refractivity (Wildman–Crippen MR) is 186 cm³/mol. The summed E-state index contributed by atoms with van der Waals surface area (Å²) < 4.78 is 14.0. The Morgan fingerprint density at radius 3 is 2.46 bits per heavy atom. The van der Waals surface area contributed by atoms with Gasteiger partial charge in [0.2, 0.25) is 0 Å². The van der Waals surface area contributed by atoms with Gasteiger partial charge in [0.25, 0.3) is 11.8 Å². The molecule has 1 fully saturated rings. The zero-order chi connectivity index (χ0) is 34.8. The molecule has 50 heavy (non-hydrogen) atoms. The molecule has 12 nitrogen and oxygen atoms in total. The Morgan fingerprint density at radius 2 is 1.74 bits per heavy atom. The maximum Gasteiger partial charge on any atom is 0.334 e. The molecule has 0 bridgehead atoms. The molecule has 4 heterocycles. The maximum absolute atomic E-state index is 13.8. The Hall–Kier alpha value is -6.01. The van der Waals surface area contributed by atoms with Crippen LogP contribution in [-0.2, 0) is 15.1 Å². The minimum Gasteiger partial charge on any atom is -0.467 e. The summed E-state index contributed by atoms with van der Waals surface area (Å²) in [6.07, 6.45) is 3.69. The summed E-state index contributed by atoms with van der Waals surface area (Å²) in [6, 6.07) is 27.1. The Labute approximate surface area is 292 Å². The second-order valence-corrected chi connectivity index (χ2v) is 12.4. The van der Waals surface area contributed by atoms with Gasteiger partial charge >= 0.3 is 5.97 Å². The molecule has 0 unspecified atom stereocenters. The Morgan fingerprint density at radius 1 is 0.940 bits per heavy atom. The van der Waals surface area contributed by atoms with E-state index < -0.39 is 11.5 Å². The number of piperidine rings is 1. The van der Waals surface area contributed by atoms with Crippen molar-refractivity contribution in [3.05, 3.63) is 125 Å². The molecule has 3 aromatic carbocycles. The van der Waals surface area contributed by atoms with E-state index >= 15 is 0 Å². The summed E-state index contributed by atoms with van der Waals surface area (Å²) in [6.45, 7) is 2.33. The molecular formula is C37H32ClN7O5. The number of methoxy groups -OCH3 is 1. The third-order valence-corrected chi connectivity index (χ3v) is 9.17. The maximum atomic E-state index is 13.8. The number of nitrogens with one attached hydrogen (secondary N) is 1. The Kier molecular flexibility index (Phi) is 8.77. The Balaban J connectivity index is 1.12. The van der Waals surface area contributed by atoms with Gasteiger partial charge in [0.05, 0.1) is 25.3 Å². The average molecular weight is 690 g/mol. The smallest absolute Gasteiger partial charge is 0.334 e. The van der Waals surface area contributed by atoms with Crippen LogP contribution in [0.3, 0.4) is 0 Å². The number of furan rings is 1. The van der Waals surface area contributed by atoms with Crippen molar-refractivity contribution in [3.8, 4) is 28.4 Å². The van der Waals surface area contributed by atoms with Crippen molar-refractivity contribution in [2.75, 3.05) is 25.5 Å². The molecule has 0 saturated carbocycles. The molecule has 0 spiro atoms. The molecule has 13 heteroatoms. The first kappa shape index (κ1) is 32.5. The van der Waals surface area contributed by atoms with E-state index in [4.69, 9.17) is 20.8 Å². The van der Waals surface area contributed by atoms with Gasteiger partial charge in [-0.2, -0.15) is 5.10 Å². The van der Waals surface area contributed by atoms with Gasteiger partial charge in [-0.1, -0.05) is 53.2 Å². The van der Waals surface area contributed by atoms with Crippen molar-refractivity contribution in [2.45, 2.75) is 25.3 Å². The molecule has 252 valence electrons. The van der Waals surface area contributed by atoms with Gasteiger partial charge in [-0.05, 0) is 61.0 Å². The number of nitrogens with zero attached hydrogens (tertiary/aromatic N) is 6. The number of hydrogen-bond donors (Lipinski definition) is 1. The largest absolute Gasteiger partial charge is 0.467 e. The lowest BCUT2D eigenvalue weighted by atomic mass is 9.87. The topological polar surface area (TPSA) is 137 Å². The molecule has 7 rings (SSSR count). The van der Waals surface area contributed by atoms with Crippen molar-refractivity contribution in [3.63, 3.8) is 0 Å². The lowest BCUT2D eigenvalue weighted by Crippen LogP contribution is -2.53. The fourth-order valence-corrected chi connectivity index (χ4v) is 6.38. The highest BCUT2D eigenvalue weighted by atomic mass is 35.5. The molecule has 2 amide bonds. The monoisotopic (exact) mass is 689 g/mol. The van der Waals surface area contributed by atoms with Crippen LogP contribution < -0.4 is 5.32 Å². The van der Waals surface area contributed by atoms with Crippen LogP contribution in [0.25, 0.3) is 28.4 Å². The summed E-state index contributed by atoms with van der Waals surface area (Å²) in [4.78, 5) is 42.1. The molecule has 1 aliphatic heterocycles. The number of rotatable bonds is 8. The third-order valence-electron chi connectivity index (χ3n) is 8.94. The second-order valence-electron chi connectivity index (χ2n) is 12.0. The van der Waals surface area contributed by atoms with E-state index in [0.717, 1.165) is 5.56 Å². The molecule has 0 radical (unpaired) electrons. The summed E-state index contributed by atoms with van der Waals surface area (Å²) in [5, 5.41) is 16.8. The number of amides is 2. The van der Waals surface area contributed by atoms with Gasteiger partial charge in [0.1, 0.15) is 11.4 Å². The van der Waals surface area contributed by atoms with Crippen LogP contribution in [0.15, 0.2) is 108 Å². The van der Waals surface area contributed by atoms with Crippen LogP contribution in [0.1, 0.15) is 39.3 Å². The normalized spacial score (nSPS) is 13.9. The summed E-state index contributed by atoms with van der Waals surface area (Å²) >= 11 is 6.26. The molecule has 3 aromatic heterocycles. The van der Waals surface area contributed by atoms with Crippen molar-refractivity contribution >= 4 is 35.1 Å². The number of ether oxygens (including phenoxy) is 1. The minimum atomic E-state index is -1.20. The van der Waals surface area contributed by atoms with E-state index in [1.165, 1.54) is 11.8 Å². The van der Waals surface area contributed by atoms with Crippen LogP contribution in [0.5, 0.6) is 0 Å². The highest BCUT2D eigenvalue weighted by Gasteiger charge is 2.46. The van der Waals surface area contributed by atoms with E-state index in [2.05, 4.69) is 20.7 Å². The number of hydrogen-bond acceptors (Lipinski definition) is 8. The van der Waals surface area contributed by atoms with Crippen LogP contribution in [-0.4, -0.2) is 67.7 Å². The van der Waals surface area contributed by atoms with Crippen molar-refractivity contribution < 1.29 is 23.5 Å². The van der Waals surface area contributed by atoms with E-state index in [0.29, 0.717) is 44.7 Å². The first-order valence-corrected chi connectivity index (χ1v) is 16.3. The summed E-state index contributed by atoms with van der Waals surface area (Å²) in [7, 11) is 1.33. The van der Waals surface area contributed by atoms with Gasteiger partial charge in [0, 0.05) is 53.8 Å². The standard InChI is InChI=1S/C37H32ClN7O5/c1-24-13-14-25(20-29(24)34(46)39-27-9-4-3-5-10-27)31-23-44(42-40-31)37(36(48)49-2)15-17-43(18-16-37)35(47)30-22-32(33-12-7-19-50-33)45(41-30)28-11-6-8-26(38)21-28/h3-14,19-23H,15-18H2,1-2H3,(H,39,46). The van der Waals surface area contributed by atoms with Gasteiger partial charge in [-0.3, -0.25) is 9.59 Å². The minimum absolute atomic E-state index is 0.219. The number of anilines is 1. The predicted octanol–water partition coefficient (Wildman–Crippen LogP) is 6.41. The second kappa shape index (κ2) is 13.5. The van der Waals surface area contributed by atoms with Gasteiger partial charge in [-0.15, -0.1) is 5.10 Å². The number of benzene rings is 3. The molecule has 1 saturated heterocycles. The third kappa shape index (κ3) is 6.16. The SMILES string of the molecule is COC(=O)C1(n2cc(-c3ccc(C)c(C(=O)Nc4ccccc4)c3)nn2)CCN(C(=O)c2cc(-c3ccco3)n(-c3cccc(Cl)c3)n2)CC1. The van der Waals surface area contributed by atoms with E-state index in [1.54, 1.807) is 64.5 Å². The lowest BCUT2D eigenvalue weighted by molar-refractivity contribution is -0.154. The van der Waals surface area contributed by atoms with Gasteiger partial charge < -0.3 is 19.4 Å². The van der Waals surface area contributed by atoms with Crippen LogP contribution in [0.4, 0.5) is 5.69 Å². The zero-order valence-electron chi connectivity index (χ0n) is 27.2.